The molecule has 2 rings (SSSR count). The Bertz CT molecular complexity index is 684. The van der Waals surface area contributed by atoms with Gasteiger partial charge in [0.1, 0.15) is 12.9 Å². The summed E-state index contributed by atoms with van der Waals surface area (Å²) in [5.41, 5.74) is 2.19. The van der Waals surface area contributed by atoms with E-state index >= 15 is 0 Å². The van der Waals surface area contributed by atoms with Crippen molar-refractivity contribution < 1.29 is 14.0 Å². The summed E-state index contributed by atoms with van der Waals surface area (Å²) in [5, 5.41) is 3.68. The van der Waals surface area contributed by atoms with Gasteiger partial charge in [0.25, 0.3) is 5.91 Å². The van der Waals surface area contributed by atoms with Crippen molar-refractivity contribution in [1.82, 2.24) is 4.90 Å². The third-order valence-corrected chi connectivity index (χ3v) is 3.40. The van der Waals surface area contributed by atoms with E-state index in [1.807, 2.05) is 13.0 Å². The van der Waals surface area contributed by atoms with Crippen LogP contribution in [0.1, 0.15) is 28.4 Å². The summed E-state index contributed by atoms with van der Waals surface area (Å²) in [5.74, 6) is -0.389. The highest BCUT2D eigenvalue weighted by Crippen LogP contribution is 2.12. The summed E-state index contributed by atoms with van der Waals surface area (Å²) in [6.07, 6.45) is 1.57. The van der Waals surface area contributed by atoms with Crippen molar-refractivity contribution >= 4 is 12.1 Å². The third-order valence-electron chi connectivity index (χ3n) is 3.40. The van der Waals surface area contributed by atoms with Gasteiger partial charge in [-0.3, -0.25) is 4.79 Å². The summed E-state index contributed by atoms with van der Waals surface area (Å²) in [6, 6.07) is 13.4. The average molecular weight is 314 g/mol. The van der Waals surface area contributed by atoms with Crippen LogP contribution in [-0.4, -0.2) is 30.7 Å². The van der Waals surface area contributed by atoms with Gasteiger partial charge in [-0.25, -0.2) is 4.39 Å². The van der Waals surface area contributed by atoms with Crippen LogP contribution >= 0.6 is 0 Å². The fraction of sp³-hybridized carbons (Fsp3) is 0.222. The summed E-state index contributed by atoms with van der Waals surface area (Å²) < 4.78 is 13.3. The molecule has 1 amide bonds. The minimum atomic E-state index is -0.298. The Hall–Kier alpha value is -2.69. The van der Waals surface area contributed by atoms with Gasteiger partial charge in [-0.2, -0.15) is 0 Å². The Morgan fingerprint density at radius 2 is 2.00 bits per heavy atom. The molecule has 0 saturated heterocycles. The lowest BCUT2D eigenvalue weighted by molar-refractivity contribution is 0.0752. The summed E-state index contributed by atoms with van der Waals surface area (Å²) >= 11 is 0. The van der Waals surface area contributed by atoms with Gasteiger partial charge >= 0.3 is 0 Å². The van der Waals surface area contributed by atoms with Gasteiger partial charge in [0, 0.05) is 18.7 Å². The Balaban J connectivity index is 2.11. The molecule has 0 bridgehead atoms. The first kappa shape index (κ1) is 16.7. The average Bonchev–Trinajstić information content (AvgIpc) is 2.58. The fourth-order valence-corrected chi connectivity index (χ4v) is 2.19. The third kappa shape index (κ3) is 4.64. The second kappa shape index (κ2) is 8.08. The van der Waals surface area contributed by atoms with Crippen LogP contribution < -0.4 is 0 Å². The van der Waals surface area contributed by atoms with E-state index in [9.17, 15) is 9.18 Å². The minimum Gasteiger partial charge on any atom is -0.399 e. The molecule has 0 unspecified atom stereocenters. The van der Waals surface area contributed by atoms with E-state index < -0.39 is 0 Å². The molecule has 0 aliphatic rings. The number of oxime groups is 1. The molecule has 0 aliphatic carbocycles. The first-order valence-corrected chi connectivity index (χ1v) is 7.34. The van der Waals surface area contributed by atoms with E-state index in [4.69, 9.17) is 0 Å². The van der Waals surface area contributed by atoms with Gasteiger partial charge in [0.2, 0.25) is 0 Å². The largest absolute Gasteiger partial charge is 0.399 e. The summed E-state index contributed by atoms with van der Waals surface area (Å²) in [7, 11) is 1.47. The quantitative estimate of drug-likeness (QED) is 0.605. The molecule has 4 nitrogen and oxygen atoms in total. The van der Waals surface area contributed by atoms with Crippen molar-refractivity contribution in [2.24, 2.45) is 5.16 Å². The van der Waals surface area contributed by atoms with Gasteiger partial charge < -0.3 is 9.74 Å². The molecule has 0 spiro atoms. The number of rotatable bonds is 6. The predicted molar refractivity (Wildman–Crippen MR) is 87.9 cm³/mol. The Morgan fingerprint density at radius 3 is 2.61 bits per heavy atom. The molecule has 23 heavy (non-hydrogen) atoms. The van der Waals surface area contributed by atoms with Crippen LogP contribution in [0.4, 0.5) is 4.39 Å². The van der Waals surface area contributed by atoms with Crippen molar-refractivity contribution in [2.45, 2.75) is 13.5 Å². The summed E-state index contributed by atoms with van der Waals surface area (Å²) in [6.45, 7) is 2.82. The van der Waals surface area contributed by atoms with Crippen LogP contribution in [0, 0.1) is 5.82 Å². The van der Waals surface area contributed by atoms with E-state index in [-0.39, 0.29) is 11.7 Å². The molecule has 120 valence electrons. The number of nitrogens with zero attached hydrogens (tertiary/aromatic N) is 2. The van der Waals surface area contributed by atoms with Crippen molar-refractivity contribution in [2.75, 3.05) is 13.7 Å². The molecule has 5 heteroatoms. The van der Waals surface area contributed by atoms with E-state index in [1.54, 1.807) is 41.4 Å². The van der Waals surface area contributed by atoms with E-state index in [0.717, 1.165) is 11.1 Å². The van der Waals surface area contributed by atoms with Gasteiger partial charge in [-0.15, -0.1) is 0 Å². The second-order valence-electron chi connectivity index (χ2n) is 4.99. The standard InChI is InChI=1S/C18H19FN2O2/c1-3-21(13-15-5-4-6-17(19)11-15)18(22)16-9-7-14(8-10-16)12-20-23-2/h4-12H,3,13H2,1-2H3. The molecule has 0 heterocycles. The van der Waals surface area contributed by atoms with Gasteiger partial charge in [0.05, 0.1) is 6.21 Å². The summed E-state index contributed by atoms with van der Waals surface area (Å²) in [4.78, 5) is 18.9. The number of hydrogen-bond acceptors (Lipinski definition) is 3. The van der Waals surface area contributed by atoms with Crippen molar-refractivity contribution in [3.63, 3.8) is 0 Å². The molecule has 0 saturated carbocycles. The highest BCUT2D eigenvalue weighted by atomic mass is 19.1. The SMILES string of the molecule is CCN(Cc1cccc(F)c1)C(=O)c1ccc(C=NOC)cc1. The Labute approximate surface area is 135 Å². The molecule has 0 N–H and O–H groups in total. The van der Waals surface area contributed by atoms with E-state index in [0.29, 0.717) is 18.7 Å². The maximum absolute atomic E-state index is 13.3. The number of hydrogen-bond donors (Lipinski definition) is 0. The highest BCUT2D eigenvalue weighted by Gasteiger charge is 2.14. The molecule has 0 radical (unpaired) electrons. The van der Waals surface area contributed by atoms with Gasteiger partial charge in [0.15, 0.2) is 0 Å². The zero-order chi connectivity index (χ0) is 16.7. The molecular formula is C18H19FN2O2. The molecule has 0 fully saturated rings. The van der Waals surface area contributed by atoms with Gasteiger partial charge in [-0.05, 0) is 42.3 Å². The number of amides is 1. The molecule has 0 aromatic heterocycles. The van der Waals surface area contributed by atoms with Crippen LogP contribution in [-0.2, 0) is 11.4 Å². The topological polar surface area (TPSA) is 41.9 Å². The van der Waals surface area contributed by atoms with Crippen molar-refractivity contribution in [3.05, 3.63) is 71.0 Å². The zero-order valence-electron chi connectivity index (χ0n) is 13.2. The van der Waals surface area contributed by atoms with Crippen LogP contribution in [0.5, 0.6) is 0 Å². The van der Waals surface area contributed by atoms with Crippen molar-refractivity contribution in [3.8, 4) is 0 Å². The molecule has 0 aliphatic heterocycles. The van der Waals surface area contributed by atoms with E-state index in [2.05, 4.69) is 9.99 Å². The lowest BCUT2D eigenvalue weighted by Crippen LogP contribution is -2.30. The first-order chi connectivity index (χ1) is 11.1. The number of benzene rings is 2. The molecule has 2 aromatic rings. The van der Waals surface area contributed by atoms with E-state index in [1.165, 1.54) is 19.2 Å². The smallest absolute Gasteiger partial charge is 0.254 e. The minimum absolute atomic E-state index is 0.0907. The lowest BCUT2D eigenvalue weighted by Gasteiger charge is -2.21. The predicted octanol–water partition coefficient (Wildman–Crippen LogP) is 3.47. The van der Waals surface area contributed by atoms with Crippen LogP contribution in [0.15, 0.2) is 53.7 Å². The molecule has 0 atom stereocenters. The molecule has 2 aromatic carbocycles. The second-order valence-corrected chi connectivity index (χ2v) is 4.99. The Morgan fingerprint density at radius 1 is 1.26 bits per heavy atom. The zero-order valence-corrected chi connectivity index (χ0v) is 13.2. The maximum Gasteiger partial charge on any atom is 0.254 e. The van der Waals surface area contributed by atoms with Gasteiger partial charge in [-0.1, -0.05) is 29.4 Å². The maximum atomic E-state index is 13.3. The highest BCUT2D eigenvalue weighted by molar-refractivity contribution is 5.95. The number of carbonyl (C=O) groups excluding carboxylic acids is 1. The van der Waals surface area contributed by atoms with Crippen LogP contribution in [0.3, 0.4) is 0 Å². The fourth-order valence-electron chi connectivity index (χ4n) is 2.19. The monoisotopic (exact) mass is 314 g/mol. The van der Waals surface area contributed by atoms with Crippen LogP contribution in [0.25, 0.3) is 0 Å². The normalized spacial score (nSPS) is 10.7. The van der Waals surface area contributed by atoms with Crippen LogP contribution in [0.2, 0.25) is 0 Å². The first-order valence-electron chi connectivity index (χ1n) is 7.34. The van der Waals surface area contributed by atoms with Crippen molar-refractivity contribution in [1.29, 1.82) is 0 Å². The number of halogens is 1. The number of carbonyl (C=O) groups is 1. The Kier molecular flexibility index (Phi) is 5.86. The molecular weight excluding hydrogens is 295 g/mol. The lowest BCUT2D eigenvalue weighted by atomic mass is 10.1.